The van der Waals surface area contributed by atoms with Gasteiger partial charge in [0, 0.05) is 20.7 Å². The fourth-order valence-corrected chi connectivity index (χ4v) is 1.78. The van der Waals surface area contributed by atoms with Gasteiger partial charge < -0.3 is 15.8 Å². The van der Waals surface area contributed by atoms with Crippen molar-refractivity contribution >= 4 is 5.91 Å². The van der Waals surface area contributed by atoms with Crippen molar-refractivity contribution in [1.29, 1.82) is 0 Å². The summed E-state index contributed by atoms with van der Waals surface area (Å²) in [6.45, 7) is 0.940. The fraction of sp³-hybridized carbons (Fsp3) is 0.462. The second-order valence-electron chi connectivity index (χ2n) is 4.00. The van der Waals surface area contributed by atoms with Gasteiger partial charge in [-0.25, -0.2) is 0 Å². The van der Waals surface area contributed by atoms with Gasteiger partial charge in [-0.3, -0.25) is 4.79 Å². The maximum Gasteiger partial charge on any atom is 0.224 e. The summed E-state index contributed by atoms with van der Waals surface area (Å²) in [7, 11) is 3.30. The van der Waals surface area contributed by atoms with Crippen molar-refractivity contribution in [3.63, 3.8) is 0 Å². The summed E-state index contributed by atoms with van der Waals surface area (Å²) in [4.78, 5) is 11.5. The number of rotatable bonds is 6. The molecule has 1 atom stereocenters. The largest absolute Gasteiger partial charge is 0.380 e. The molecule has 0 saturated carbocycles. The van der Waals surface area contributed by atoms with Crippen LogP contribution < -0.4 is 11.1 Å². The van der Waals surface area contributed by atoms with E-state index in [0.29, 0.717) is 19.6 Å². The van der Waals surface area contributed by atoms with Crippen LogP contribution in [0.4, 0.5) is 0 Å². The molecule has 0 spiro atoms. The number of carbonyl (C=O) groups is 1. The van der Waals surface area contributed by atoms with E-state index in [1.165, 1.54) is 0 Å². The molecule has 1 unspecified atom stereocenters. The van der Waals surface area contributed by atoms with Crippen molar-refractivity contribution in [3.05, 3.63) is 35.4 Å². The molecule has 94 valence electrons. The first-order valence-electron chi connectivity index (χ1n) is 5.69. The number of hydrogen-bond donors (Lipinski definition) is 2. The molecule has 1 rings (SSSR count). The van der Waals surface area contributed by atoms with E-state index in [0.717, 1.165) is 11.1 Å². The summed E-state index contributed by atoms with van der Waals surface area (Å²) < 4.78 is 5.08. The number of benzene rings is 1. The van der Waals surface area contributed by atoms with Crippen LogP contribution in [0.3, 0.4) is 0 Å². The van der Waals surface area contributed by atoms with E-state index in [-0.39, 0.29) is 11.8 Å². The van der Waals surface area contributed by atoms with Gasteiger partial charge in [0.25, 0.3) is 0 Å². The monoisotopic (exact) mass is 236 g/mol. The Labute approximate surface area is 102 Å². The van der Waals surface area contributed by atoms with Crippen LogP contribution in [0.2, 0.25) is 0 Å². The van der Waals surface area contributed by atoms with E-state index in [4.69, 9.17) is 10.5 Å². The molecule has 4 nitrogen and oxygen atoms in total. The Morgan fingerprint density at radius 2 is 2.18 bits per heavy atom. The summed E-state index contributed by atoms with van der Waals surface area (Å²) in [5.41, 5.74) is 7.83. The second kappa shape index (κ2) is 7.04. The number of hydrogen-bond acceptors (Lipinski definition) is 3. The van der Waals surface area contributed by atoms with Gasteiger partial charge in [-0.05, 0) is 17.5 Å². The predicted molar refractivity (Wildman–Crippen MR) is 67.5 cm³/mol. The van der Waals surface area contributed by atoms with Crippen LogP contribution in [0.25, 0.3) is 0 Å². The Morgan fingerprint density at radius 3 is 2.76 bits per heavy atom. The molecule has 0 aliphatic rings. The smallest absolute Gasteiger partial charge is 0.224 e. The first-order valence-corrected chi connectivity index (χ1v) is 5.69. The summed E-state index contributed by atoms with van der Waals surface area (Å²) in [6.07, 6.45) is 0.660. The molecular formula is C13H20N2O2. The number of nitrogens with one attached hydrogen (secondary N) is 1. The van der Waals surface area contributed by atoms with E-state index < -0.39 is 0 Å². The van der Waals surface area contributed by atoms with Crippen LogP contribution >= 0.6 is 0 Å². The van der Waals surface area contributed by atoms with Crippen LogP contribution in [0.5, 0.6) is 0 Å². The number of methoxy groups -OCH3 is 1. The molecule has 0 saturated heterocycles. The molecule has 0 heterocycles. The molecule has 0 aliphatic heterocycles. The maximum absolute atomic E-state index is 11.5. The molecule has 0 radical (unpaired) electrons. The van der Waals surface area contributed by atoms with Crippen LogP contribution in [-0.2, 0) is 22.6 Å². The van der Waals surface area contributed by atoms with Gasteiger partial charge in [-0.2, -0.15) is 0 Å². The third-order valence-electron chi connectivity index (χ3n) is 2.69. The Bertz CT molecular complexity index is 366. The minimum atomic E-state index is -0.169. The van der Waals surface area contributed by atoms with Crippen molar-refractivity contribution < 1.29 is 9.53 Å². The lowest BCUT2D eigenvalue weighted by atomic mass is 9.97. The molecule has 1 aromatic carbocycles. The zero-order valence-corrected chi connectivity index (χ0v) is 10.4. The molecule has 0 aromatic heterocycles. The van der Waals surface area contributed by atoms with Crippen LogP contribution in [0, 0.1) is 5.92 Å². The lowest BCUT2D eigenvalue weighted by Gasteiger charge is -2.13. The normalized spacial score (nSPS) is 12.2. The highest BCUT2D eigenvalue weighted by molar-refractivity contribution is 5.78. The molecule has 3 N–H and O–H groups in total. The summed E-state index contributed by atoms with van der Waals surface area (Å²) in [5.74, 6) is -0.178. The third kappa shape index (κ3) is 4.17. The lowest BCUT2D eigenvalue weighted by Crippen LogP contribution is -2.34. The zero-order chi connectivity index (χ0) is 12.7. The number of carbonyl (C=O) groups excluding carboxylic acids is 1. The number of ether oxygens (including phenoxy) is 1. The SMILES string of the molecule is CNC(=O)C(CN)Cc1cccc(COC)c1. The van der Waals surface area contributed by atoms with Gasteiger partial charge in [0.15, 0.2) is 0 Å². The van der Waals surface area contributed by atoms with Crippen molar-refractivity contribution in [3.8, 4) is 0 Å². The highest BCUT2D eigenvalue weighted by Crippen LogP contribution is 2.11. The molecule has 1 amide bonds. The van der Waals surface area contributed by atoms with Gasteiger partial charge in [-0.1, -0.05) is 24.3 Å². The summed E-state index contributed by atoms with van der Waals surface area (Å²) in [5, 5.41) is 2.63. The molecule has 0 bridgehead atoms. The van der Waals surface area contributed by atoms with E-state index in [2.05, 4.69) is 11.4 Å². The second-order valence-corrected chi connectivity index (χ2v) is 4.00. The standard InChI is InChI=1S/C13H20N2O2/c1-15-13(16)12(8-14)7-10-4-3-5-11(6-10)9-17-2/h3-6,12H,7-9,14H2,1-2H3,(H,15,16). The fourth-order valence-electron chi connectivity index (χ4n) is 1.78. The van der Waals surface area contributed by atoms with Gasteiger partial charge >= 0.3 is 0 Å². The number of nitrogens with two attached hydrogens (primary N) is 1. The quantitative estimate of drug-likeness (QED) is 0.764. The van der Waals surface area contributed by atoms with Crippen molar-refractivity contribution in [2.45, 2.75) is 13.0 Å². The summed E-state index contributed by atoms with van der Waals surface area (Å²) >= 11 is 0. The highest BCUT2D eigenvalue weighted by atomic mass is 16.5. The van der Waals surface area contributed by atoms with Crippen molar-refractivity contribution in [2.75, 3.05) is 20.7 Å². The third-order valence-corrected chi connectivity index (χ3v) is 2.69. The topological polar surface area (TPSA) is 64.4 Å². The number of amides is 1. The van der Waals surface area contributed by atoms with Crippen molar-refractivity contribution in [2.24, 2.45) is 11.7 Å². The molecule has 0 aliphatic carbocycles. The van der Waals surface area contributed by atoms with Crippen LogP contribution in [-0.4, -0.2) is 26.6 Å². The molecule has 0 fully saturated rings. The average molecular weight is 236 g/mol. The van der Waals surface area contributed by atoms with E-state index in [1.54, 1.807) is 14.2 Å². The predicted octanol–water partition coefficient (Wildman–Crippen LogP) is 0.696. The molecular weight excluding hydrogens is 216 g/mol. The van der Waals surface area contributed by atoms with Gasteiger partial charge in [0.05, 0.1) is 12.5 Å². The first-order chi connectivity index (χ1) is 8.21. The van der Waals surface area contributed by atoms with Gasteiger partial charge in [0.2, 0.25) is 5.91 Å². The summed E-state index contributed by atoms with van der Waals surface area (Å²) in [6, 6.07) is 8.03. The molecule has 1 aromatic rings. The van der Waals surface area contributed by atoms with Crippen LogP contribution in [0.1, 0.15) is 11.1 Å². The Kier molecular flexibility index (Phi) is 5.66. The van der Waals surface area contributed by atoms with Crippen LogP contribution in [0.15, 0.2) is 24.3 Å². The molecule has 4 heteroatoms. The highest BCUT2D eigenvalue weighted by Gasteiger charge is 2.15. The lowest BCUT2D eigenvalue weighted by molar-refractivity contribution is -0.124. The van der Waals surface area contributed by atoms with E-state index in [1.807, 2.05) is 18.2 Å². The average Bonchev–Trinajstić information content (AvgIpc) is 2.36. The van der Waals surface area contributed by atoms with Gasteiger partial charge in [0.1, 0.15) is 0 Å². The maximum atomic E-state index is 11.5. The van der Waals surface area contributed by atoms with Gasteiger partial charge in [-0.15, -0.1) is 0 Å². The minimum absolute atomic E-state index is 0.00959. The van der Waals surface area contributed by atoms with E-state index in [9.17, 15) is 4.79 Å². The van der Waals surface area contributed by atoms with Crippen molar-refractivity contribution in [1.82, 2.24) is 5.32 Å². The Hall–Kier alpha value is -1.39. The first kappa shape index (κ1) is 13.7. The minimum Gasteiger partial charge on any atom is -0.380 e. The zero-order valence-electron chi connectivity index (χ0n) is 10.4. The Morgan fingerprint density at radius 1 is 1.47 bits per heavy atom. The molecule has 17 heavy (non-hydrogen) atoms. The van der Waals surface area contributed by atoms with E-state index >= 15 is 0 Å². The Balaban J connectivity index is 2.72.